The molecule has 0 atom stereocenters. The van der Waals surface area contributed by atoms with E-state index in [0.29, 0.717) is 5.82 Å². The summed E-state index contributed by atoms with van der Waals surface area (Å²) in [5.74, 6) is 1.46. The Balaban J connectivity index is 1.89. The lowest BCUT2D eigenvalue weighted by molar-refractivity contribution is 0.855. The van der Waals surface area contributed by atoms with Gasteiger partial charge in [0.25, 0.3) is 0 Å². The van der Waals surface area contributed by atoms with E-state index in [4.69, 9.17) is 0 Å². The van der Waals surface area contributed by atoms with Crippen LogP contribution in [-0.4, -0.2) is 21.2 Å². The SMILES string of the molecule is CSc1ncc(C)c(Nc2cccc(C3(C#N)CC3)n2)n1. The fourth-order valence-electron chi connectivity index (χ4n) is 2.09. The summed E-state index contributed by atoms with van der Waals surface area (Å²) in [6, 6.07) is 8.10. The summed E-state index contributed by atoms with van der Waals surface area (Å²) in [6.07, 6.45) is 5.52. The number of hydrogen-bond acceptors (Lipinski definition) is 6. The lowest BCUT2D eigenvalue weighted by atomic mass is 10.0. The van der Waals surface area contributed by atoms with E-state index in [1.165, 1.54) is 11.8 Å². The van der Waals surface area contributed by atoms with Crippen molar-refractivity contribution >= 4 is 23.4 Å². The molecule has 1 aliphatic carbocycles. The predicted octanol–water partition coefficient (Wildman–Crippen LogP) is 3.20. The van der Waals surface area contributed by atoms with Gasteiger partial charge in [0.2, 0.25) is 0 Å². The van der Waals surface area contributed by atoms with Gasteiger partial charge in [-0.25, -0.2) is 15.0 Å². The number of aryl methyl sites for hydroxylation is 1. The van der Waals surface area contributed by atoms with E-state index in [1.54, 1.807) is 6.20 Å². The van der Waals surface area contributed by atoms with Gasteiger partial charge in [-0.05, 0) is 38.2 Å². The molecule has 0 aliphatic heterocycles. The largest absolute Gasteiger partial charge is 0.325 e. The Kier molecular flexibility index (Phi) is 3.52. The third kappa shape index (κ3) is 2.69. The maximum absolute atomic E-state index is 9.27. The molecule has 106 valence electrons. The van der Waals surface area contributed by atoms with Crippen LogP contribution in [0.15, 0.2) is 29.6 Å². The molecule has 1 aliphatic rings. The fourth-order valence-corrected chi connectivity index (χ4v) is 2.43. The van der Waals surface area contributed by atoms with E-state index in [-0.39, 0.29) is 5.41 Å². The van der Waals surface area contributed by atoms with E-state index in [0.717, 1.165) is 35.1 Å². The molecule has 1 saturated carbocycles. The number of hydrogen-bond donors (Lipinski definition) is 1. The molecule has 2 aromatic heterocycles. The van der Waals surface area contributed by atoms with Crippen molar-refractivity contribution in [3.63, 3.8) is 0 Å². The molecule has 2 heterocycles. The number of anilines is 2. The first-order valence-electron chi connectivity index (χ1n) is 6.70. The summed E-state index contributed by atoms with van der Waals surface area (Å²) in [6.45, 7) is 1.95. The maximum atomic E-state index is 9.27. The van der Waals surface area contributed by atoms with Gasteiger partial charge in [0, 0.05) is 11.8 Å². The Morgan fingerprint density at radius 2 is 2.14 bits per heavy atom. The molecule has 1 fully saturated rings. The predicted molar refractivity (Wildman–Crippen MR) is 82.6 cm³/mol. The summed E-state index contributed by atoms with van der Waals surface area (Å²) >= 11 is 1.50. The van der Waals surface area contributed by atoms with E-state index < -0.39 is 0 Å². The van der Waals surface area contributed by atoms with Crippen LogP contribution < -0.4 is 5.32 Å². The van der Waals surface area contributed by atoms with Gasteiger partial charge in [-0.15, -0.1) is 0 Å². The van der Waals surface area contributed by atoms with Crippen LogP contribution in [0.5, 0.6) is 0 Å². The van der Waals surface area contributed by atoms with Gasteiger partial charge in [-0.1, -0.05) is 17.8 Å². The van der Waals surface area contributed by atoms with E-state index >= 15 is 0 Å². The first-order chi connectivity index (χ1) is 10.2. The molecular weight excluding hydrogens is 282 g/mol. The average Bonchev–Trinajstić information content (AvgIpc) is 3.31. The first-order valence-corrected chi connectivity index (χ1v) is 7.93. The molecule has 0 bridgehead atoms. The van der Waals surface area contributed by atoms with Crippen LogP contribution in [0.25, 0.3) is 0 Å². The van der Waals surface area contributed by atoms with Crippen molar-refractivity contribution in [2.75, 3.05) is 11.6 Å². The van der Waals surface area contributed by atoms with E-state index in [2.05, 4.69) is 26.3 Å². The number of nitrogens with zero attached hydrogens (tertiary/aromatic N) is 4. The molecule has 5 nitrogen and oxygen atoms in total. The number of rotatable bonds is 4. The molecule has 2 aromatic rings. The highest BCUT2D eigenvalue weighted by Gasteiger charge is 2.46. The third-order valence-electron chi connectivity index (χ3n) is 3.58. The van der Waals surface area contributed by atoms with Crippen molar-refractivity contribution < 1.29 is 0 Å². The van der Waals surface area contributed by atoms with Crippen molar-refractivity contribution in [2.24, 2.45) is 0 Å². The zero-order chi connectivity index (χ0) is 14.9. The monoisotopic (exact) mass is 297 g/mol. The molecule has 1 N–H and O–H groups in total. The Bertz CT molecular complexity index is 718. The van der Waals surface area contributed by atoms with Crippen molar-refractivity contribution in [3.05, 3.63) is 35.7 Å². The van der Waals surface area contributed by atoms with E-state index in [1.807, 2.05) is 31.4 Å². The lowest BCUT2D eigenvalue weighted by Gasteiger charge is -2.11. The number of nitrogens with one attached hydrogen (secondary N) is 1. The van der Waals surface area contributed by atoms with Crippen LogP contribution in [0.3, 0.4) is 0 Å². The topological polar surface area (TPSA) is 74.5 Å². The van der Waals surface area contributed by atoms with Crippen molar-refractivity contribution in [1.82, 2.24) is 15.0 Å². The van der Waals surface area contributed by atoms with Crippen LogP contribution in [0.4, 0.5) is 11.6 Å². The van der Waals surface area contributed by atoms with Crippen LogP contribution in [-0.2, 0) is 5.41 Å². The number of nitriles is 1. The normalized spacial score (nSPS) is 15.3. The molecule has 21 heavy (non-hydrogen) atoms. The van der Waals surface area contributed by atoms with Gasteiger partial charge in [-0.3, -0.25) is 0 Å². The summed E-state index contributed by atoms with van der Waals surface area (Å²) < 4.78 is 0. The zero-order valence-corrected chi connectivity index (χ0v) is 12.7. The lowest BCUT2D eigenvalue weighted by Crippen LogP contribution is -2.08. The van der Waals surface area contributed by atoms with Gasteiger partial charge in [0.15, 0.2) is 5.16 Å². The Labute approximate surface area is 127 Å². The summed E-state index contributed by atoms with van der Waals surface area (Å²) in [5.41, 5.74) is 1.43. The highest BCUT2D eigenvalue weighted by atomic mass is 32.2. The minimum atomic E-state index is -0.372. The smallest absolute Gasteiger partial charge is 0.189 e. The van der Waals surface area contributed by atoms with Crippen molar-refractivity contribution in [2.45, 2.75) is 30.3 Å². The summed E-state index contributed by atoms with van der Waals surface area (Å²) in [4.78, 5) is 13.2. The van der Waals surface area contributed by atoms with Gasteiger partial charge in [-0.2, -0.15) is 5.26 Å². The highest BCUT2D eigenvalue weighted by molar-refractivity contribution is 7.98. The molecular formula is C15H15N5S. The van der Waals surface area contributed by atoms with Gasteiger partial charge < -0.3 is 5.32 Å². The fraction of sp³-hybridized carbons (Fsp3) is 0.333. The Morgan fingerprint density at radius 1 is 1.33 bits per heavy atom. The number of aromatic nitrogens is 3. The second-order valence-corrected chi connectivity index (χ2v) is 5.89. The first kappa shape index (κ1) is 13.8. The second-order valence-electron chi connectivity index (χ2n) is 5.12. The molecule has 0 unspecified atom stereocenters. The van der Waals surface area contributed by atoms with E-state index in [9.17, 15) is 5.26 Å². The molecule has 0 radical (unpaired) electrons. The third-order valence-corrected chi connectivity index (χ3v) is 4.14. The van der Waals surface area contributed by atoms with Crippen molar-refractivity contribution in [3.8, 4) is 6.07 Å². The minimum Gasteiger partial charge on any atom is -0.325 e. The average molecular weight is 297 g/mol. The molecule has 3 rings (SSSR count). The summed E-state index contributed by atoms with van der Waals surface area (Å²) in [5, 5.41) is 13.2. The van der Waals surface area contributed by atoms with Gasteiger partial charge in [0.1, 0.15) is 11.6 Å². The molecule has 0 spiro atoms. The molecule has 0 amide bonds. The van der Waals surface area contributed by atoms with Crippen molar-refractivity contribution in [1.29, 1.82) is 5.26 Å². The quantitative estimate of drug-likeness (QED) is 0.690. The van der Waals surface area contributed by atoms with Gasteiger partial charge in [0.05, 0.1) is 17.2 Å². The Hall–Kier alpha value is -2.13. The van der Waals surface area contributed by atoms with Crippen LogP contribution in [0, 0.1) is 18.3 Å². The summed E-state index contributed by atoms with van der Waals surface area (Å²) in [7, 11) is 0. The molecule has 0 saturated heterocycles. The Morgan fingerprint density at radius 3 is 2.81 bits per heavy atom. The number of pyridine rings is 1. The van der Waals surface area contributed by atoms with Crippen LogP contribution in [0.1, 0.15) is 24.1 Å². The highest BCUT2D eigenvalue weighted by Crippen LogP contribution is 2.46. The molecule has 0 aromatic carbocycles. The maximum Gasteiger partial charge on any atom is 0.189 e. The molecule has 6 heteroatoms. The minimum absolute atomic E-state index is 0.372. The van der Waals surface area contributed by atoms with Crippen LogP contribution >= 0.6 is 11.8 Å². The zero-order valence-electron chi connectivity index (χ0n) is 11.9. The standard InChI is InChI=1S/C15H15N5S/c1-10-8-17-14(21-2)20-13(10)19-12-5-3-4-11(18-12)15(9-16)6-7-15/h3-5,8H,6-7H2,1-2H3,(H,17,18,19,20). The van der Waals surface area contributed by atoms with Crippen LogP contribution in [0.2, 0.25) is 0 Å². The number of thioether (sulfide) groups is 1. The second kappa shape index (κ2) is 5.34. The van der Waals surface area contributed by atoms with Gasteiger partial charge >= 0.3 is 0 Å².